The van der Waals surface area contributed by atoms with Crippen molar-refractivity contribution in [3.63, 3.8) is 0 Å². The van der Waals surface area contributed by atoms with Crippen molar-refractivity contribution < 1.29 is 24.5 Å². The van der Waals surface area contributed by atoms with Gasteiger partial charge in [-0.15, -0.1) is 0 Å². The molecule has 0 aliphatic carbocycles. The fourth-order valence-corrected chi connectivity index (χ4v) is 2.64. The Bertz CT molecular complexity index is 394. The zero-order chi connectivity index (χ0) is 16.9. The van der Waals surface area contributed by atoms with E-state index in [2.05, 4.69) is 5.32 Å². The fourth-order valence-electron chi connectivity index (χ4n) is 2.64. The summed E-state index contributed by atoms with van der Waals surface area (Å²) in [5, 5.41) is 21.8. The molecule has 1 heterocycles. The molecule has 1 saturated heterocycles. The van der Waals surface area contributed by atoms with Gasteiger partial charge in [-0.05, 0) is 39.5 Å². The number of likely N-dealkylation sites (tertiary alicyclic amines) is 1. The highest BCUT2D eigenvalue weighted by Gasteiger charge is 2.34. The number of nitrogens with zero attached hydrogens (tertiary/aromatic N) is 1. The summed E-state index contributed by atoms with van der Waals surface area (Å²) in [5.41, 5.74) is -0.587. The van der Waals surface area contributed by atoms with Crippen molar-refractivity contribution >= 4 is 12.1 Å². The SMILES string of the molecule is C[C@@H]1C[C@H](NC(=O)OC(C)(C)C)C(O)N(CCCC(=O)O)C1. The number of hydrogen-bond acceptors (Lipinski definition) is 5. The van der Waals surface area contributed by atoms with E-state index in [1.54, 1.807) is 20.8 Å². The maximum Gasteiger partial charge on any atom is 0.408 e. The minimum atomic E-state index is -0.844. The zero-order valence-electron chi connectivity index (χ0n) is 13.8. The number of rotatable bonds is 5. The number of carboxylic acids is 1. The van der Waals surface area contributed by atoms with Gasteiger partial charge in [-0.1, -0.05) is 6.92 Å². The van der Waals surface area contributed by atoms with Gasteiger partial charge >= 0.3 is 12.1 Å². The van der Waals surface area contributed by atoms with Crippen molar-refractivity contribution in [3.8, 4) is 0 Å². The molecule has 7 heteroatoms. The van der Waals surface area contributed by atoms with Crippen LogP contribution in [-0.2, 0) is 9.53 Å². The minimum absolute atomic E-state index is 0.0712. The lowest BCUT2D eigenvalue weighted by Gasteiger charge is -2.41. The van der Waals surface area contributed by atoms with Crippen molar-refractivity contribution in [2.75, 3.05) is 13.1 Å². The molecular formula is C15H28N2O5. The number of hydrogen-bond donors (Lipinski definition) is 3. The molecule has 1 unspecified atom stereocenters. The Labute approximate surface area is 131 Å². The lowest BCUT2D eigenvalue weighted by atomic mass is 9.94. The Hall–Kier alpha value is -1.34. The summed E-state index contributed by atoms with van der Waals surface area (Å²) in [4.78, 5) is 24.2. The van der Waals surface area contributed by atoms with E-state index >= 15 is 0 Å². The molecule has 128 valence electrons. The molecule has 3 atom stereocenters. The molecule has 0 aromatic carbocycles. The summed E-state index contributed by atoms with van der Waals surface area (Å²) in [6.07, 6.45) is -0.163. The van der Waals surface area contributed by atoms with E-state index in [4.69, 9.17) is 9.84 Å². The highest BCUT2D eigenvalue weighted by Crippen LogP contribution is 2.22. The predicted molar refractivity (Wildman–Crippen MR) is 81.4 cm³/mol. The molecule has 1 aliphatic rings. The van der Waals surface area contributed by atoms with Gasteiger partial charge in [0.15, 0.2) is 0 Å². The van der Waals surface area contributed by atoms with Gasteiger partial charge in [-0.3, -0.25) is 9.69 Å². The molecular weight excluding hydrogens is 288 g/mol. The van der Waals surface area contributed by atoms with Crippen LogP contribution in [0.5, 0.6) is 0 Å². The number of carbonyl (C=O) groups excluding carboxylic acids is 1. The van der Waals surface area contributed by atoms with Crippen LogP contribution in [0, 0.1) is 5.92 Å². The van der Waals surface area contributed by atoms with E-state index in [-0.39, 0.29) is 6.42 Å². The molecule has 1 aliphatic heterocycles. The summed E-state index contributed by atoms with van der Waals surface area (Å²) in [7, 11) is 0. The first-order valence-corrected chi connectivity index (χ1v) is 7.72. The number of carboxylic acid groups (broad SMARTS) is 1. The topological polar surface area (TPSA) is 99.1 Å². The van der Waals surface area contributed by atoms with E-state index < -0.39 is 29.9 Å². The molecule has 0 saturated carbocycles. The first-order chi connectivity index (χ1) is 10.1. The maximum atomic E-state index is 11.8. The fraction of sp³-hybridized carbons (Fsp3) is 0.867. The van der Waals surface area contributed by atoms with Crippen LogP contribution in [0.1, 0.15) is 47.0 Å². The summed E-state index contributed by atoms with van der Waals surface area (Å²) in [6, 6.07) is -0.413. The van der Waals surface area contributed by atoms with E-state index in [0.29, 0.717) is 31.8 Å². The highest BCUT2D eigenvalue weighted by atomic mass is 16.6. The second-order valence-electron chi connectivity index (χ2n) is 7.00. The van der Waals surface area contributed by atoms with E-state index in [0.717, 1.165) is 0 Å². The van der Waals surface area contributed by atoms with E-state index in [1.165, 1.54) is 0 Å². The number of carbonyl (C=O) groups is 2. The Balaban J connectivity index is 2.55. The molecule has 0 aromatic rings. The van der Waals surface area contributed by atoms with Gasteiger partial charge in [0.25, 0.3) is 0 Å². The number of ether oxygens (including phenoxy) is 1. The van der Waals surface area contributed by atoms with Crippen LogP contribution >= 0.6 is 0 Å². The molecule has 7 nitrogen and oxygen atoms in total. The molecule has 0 spiro atoms. The third-order valence-electron chi connectivity index (χ3n) is 3.47. The molecule has 1 rings (SSSR count). The van der Waals surface area contributed by atoms with Gasteiger partial charge < -0.3 is 20.3 Å². The first kappa shape index (κ1) is 18.7. The number of aliphatic carboxylic acids is 1. The monoisotopic (exact) mass is 316 g/mol. The summed E-state index contributed by atoms with van der Waals surface area (Å²) in [6.45, 7) is 8.57. The quantitative estimate of drug-likeness (QED) is 0.709. The summed E-state index contributed by atoms with van der Waals surface area (Å²) in [5.74, 6) is -0.545. The third kappa shape index (κ3) is 6.62. The van der Waals surface area contributed by atoms with Crippen molar-refractivity contribution in [2.45, 2.75) is 64.8 Å². The second-order valence-corrected chi connectivity index (χ2v) is 7.00. The van der Waals surface area contributed by atoms with Crippen LogP contribution in [0.25, 0.3) is 0 Å². The van der Waals surface area contributed by atoms with Gasteiger partial charge in [-0.25, -0.2) is 4.79 Å². The smallest absolute Gasteiger partial charge is 0.408 e. The molecule has 1 amide bonds. The van der Waals surface area contributed by atoms with Gasteiger partial charge in [0.05, 0.1) is 6.04 Å². The third-order valence-corrected chi connectivity index (χ3v) is 3.47. The molecule has 3 N–H and O–H groups in total. The van der Waals surface area contributed by atoms with Crippen molar-refractivity contribution in [3.05, 3.63) is 0 Å². The van der Waals surface area contributed by atoms with Gasteiger partial charge in [-0.2, -0.15) is 0 Å². The molecule has 0 bridgehead atoms. The van der Waals surface area contributed by atoms with Crippen molar-refractivity contribution in [1.29, 1.82) is 0 Å². The summed E-state index contributed by atoms with van der Waals surface area (Å²) >= 11 is 0. The average molecular weight is 316 g/mol. The average Bonchev–Trinajstić information content (AvgIpc) is 2.31. The molecule has 1 fully saturated rings. The van der Waals surface area contributed by atoms with Gasteiger partial charge in [0, 0.05) is 19.5 Å². The van der Waals surface area contributed by atoms with Crippen LogP contribution in [0.4, 0.5) is 4.79 Å². The number of alkyl carbamates (subject to hydrolysis) is 1. The summed E-state index contributed by atoms with van der Waals surface area (Å²) < 4.78 is 5.21. The highest BCUT2D eigenvalue weighted by molar-refractivity contribution is 5.68. The van der Waals surface area contributed by atoms with Crippen LogP contribution in [-0.4, -0.2) is 58.1 Å². The minimum Gasteiger partial charge on any atom is -0.481 e. The van der Waals surface area contributed by atoms with Crippen LogP contribution in [0.15, 0.2) is 0 Å². The Morgan fingerprint density at radius 2 is 2.00 bits per heavy atom. The lowest BCUT2D eigenvalue weighted by Crippen LogP contribution is -2.58. The van der Waals surface area contributed by atoms with Gasteiger partial charge in [0.2, 0.25) is 0 Å². The van der Waals surface area contributed by atoms with Crippen LogP contribution in [0.2, 0.25) is 0 Å². The van der Waals surface area contributed by atoms with Crippen LogP contribution < -0.4 is 5.32 Å². The van der Waals surface area contributed by atoms with Crippen LogP contribution in [0.3, 0.4) is 0 Å². The predicted octanol–water partition coefficient (Wildman–Crippen LogP) is 1.40. The van der Waals surface area contributed by atoms with Gasteiger partial charge in [0.1, 0.15) is 11.8 Å². The lowest BCUT2D eigenvalue weighted by molar-refractivity contribution is -0.137. The Morgan fingerprint density at radius 3 is 2.55 bits per heavy atom. The van der Waals surface area contributed by atoms with E-state index in [9.17, 15) is 14.7 Å². The number of amides is 1. The maximum absolute atomic E-state index is 11.8. The first-order valence-electron chi connectivity index (χ1n) is 7.72. The largest absolute Gasteiger partial charge is 0.481 e. The van der Waals surface area contributed by atoms with Crippen molar-refractivity contribution in [2.24, 2.45) is 5.92 Å². The number of nitrogens with one attached hydrogen (secondary N) is 1. The Morgan fingerprint density at radius 1 is 1.36 bits per heavy atom. The van der Waals surface area contributed by atoms with E-state index in [1.807, 2.05) is 11.8 Å². The Kier molecular flexibility index (Phi) is 6.62. The molecule has 0 radical (unpaired) electrons. The molecule has 22 heavy (non-hydrogen) atoms. The molecule has 0 aromatic heterocycles. The number of aliphatic hydroxyl groups is 1. The zero-order valence-corrected chi connectivity index (χ0v) is 13.8. The number of aliphatic hydroxyl groups excluding tert-OH is 1. The normalized spacial score (nSPS) is 26.5. The number of piperidine rings is 1. The van der Waals surface area contributed by atoms with Crippen molar-refractivity contribution in [1.82, 2.24) is 10.2 Å². The standard InChI is InChI=1S/C15H28N2O5/c1-10-8-11(16-14(21)22-15(2,3)4)13(20)17(9-10)7-5-6-12(18)19/h10-11,13,20H,5-9H2,1-4H3,(H,16,21)(H,18,19)/t10-,11+,13?/m1/s1. The second kappa shape index (κ2) is 7.78.